The van der Waals surface area contributed by atoms with Crippen molar-refractivity contribution in [3.05, 3.63) is 42.4 Å². The predicted octanol–water partition coefficient (Wildman–Crippen LogP) is 2.10. The average molecular weight is 241 g/mol. The van der Waals surface area contributed by atoms with Gasteiger partial charge in [-0.15, -0.1) is 0 Å². The number of nitrogens with one attached hydrogen (secondary N) is 1. The topological polar surface area (TPSA) is 53.8 Å². The summed E-state index contributed by atoms with van der Waals surface area (Å²) < 4.78 is 2.03. The summed E-state index contributed by atoms with van der Waals surface area (Å²) in [5.41, 5.74) is 3.24. The average Bonchev–Trinajstić information content (AvgIpc) is 2.95. The molecule has 0 atom stereocenters. The minimum absolute atomic E-state index is 0.146. The second-order valence-corrected chi connectivity index (χ2v) is 4.35. The standard InChI is InChI=1S/C14H15N3O/c1-17-10(6-7-18)8-16-14(17)12-9-15-13-5-3-2-4-11(12)13/h2-5,8-9,15,18H,6-7H2,1H3. The van der Waals surface area contributed by atoms with E-state index in [0.29, 0.717) is 6.42 Å². The zero-order valence-corrected chi connectivity index (χ0v) is 10.2. The smallest absolute Gasteiger partial charge is 0.142 e. The van der Waals surface area contributed by atoms with Crippen LogP contribution in [0, 0.1) is 0 Å². The molecule has 0 aliphatic carbocycles. The summed E-state index contributed by atoms with van der Waals surface area (Å²) in [6, 6.07) is 8.17. The van der Waals surface area contributed by atoms with Crippen LogP contribution in [0.3, 0.4) is 0 Å². The van der Waals surface area contributed by atoms with Gasteiger partial charge in [0.15, 0.2) is 0 Å². The van der Waals surface area contributed by atoms with Crippen molar-refractivity contribution in [2.24, 2.45) is 7.05 Å². The number of hydrogen-bond acceptors (Lipinski definition) is 2. The molecular formula is C14H15N3O. The predicted molar refractivity (Wildman–Crippen MR) is 71.3 cm³/mol. The lowest BCUT2D eigenvalue weighted by molar-refractivity contribution is 0.297. The Bertz CT molecular complexity index is 681. The summed E-state index contributed by atoms with van der Waals surface area (Å²) in [6.07, 6.45) is 4.44. The molecule has 4 nitrogen and oxygen atoms in total. The van der Waals surface area contributed by atoms with E-state index in [0.717, 1.165) is 22.6 Å². The highest BCUT2D eigenvalue weighted by atomic mass is 16.3. The first-order chi connectivity index (χ1) is 8.81. The number of para-hydroxylation sites is 1. The highest BCUT2D eigenvalue weighted by Gasteiger charge is 2.12. The third-order valence-electron chi connectivity index (χ3n) is 3.28. The van der Waals surface area contributed by atoms with E-state index in [9.17, 15) is 0 Å². The van der Waals surface area contributed by atoms with Gasteiger partial charge in [-0.2, -0.15) is 0 Å². The summed E-state index contributed by atoms with van der Waals surface area (Å²) in [7, 11) is 1.98. The molecule has 0 bridgehead atoms. The van der Waals surface area contributed by atoms with Gasteiger partial charge in [-0.1, -0.05) is 18.2 Å². The lowest BCUT2D eigenvalue weighted by Crippen LogP contribution is -2.00. The maximum atomic E-state index is 9.01. The van der Waals surface area contributed by atoms with Crippen LogP contribution < -0.4 is 0 Å². The fourth-order valence-electron chi connectivity index (χ4n) is 2.30. The Morgan fingerprint density at radius 1 is 1.33 bits per heavy atom. The van der Waals surface area contributed by atoms with Crippen molar-refractivity contribution >= 4 is 10.9 Å². The van der Waals surface area contributed by atoms with E-state index in [1.165, 1.54) is 5.39 Å². The third kappa shape index (κ3) is 1.62. The quantitative estimate of drug-likeness (QED) is 0.738. The molecule has 92 valence electrons. The highest BCUT2D eigenvalue weighted by molar-refractivity contribution is 5.93. The van der Waals surface area contributed by atoms with Crippen LogP contribution in [-0.4, -0.2) is 26.2 Å². The van der Waals surface area contributed by atoms with Gasteiger partial charge in [-0.25, -0.2) is 4.98 Å². The van der Waals surface area contributed by atoms with Gasteiger partial charge in [0.1, 0.15) is 5.82 Å². The Morgan fingerprint density at radius 3 is 3.00 bits per heavy atom. The fourth-order valence-corrected chi connectivity index (χ4v) is 2.30. The lowest BCUT2D eigenvalue weighted by atomic mass is 10.1. The summed E-state index contributed by atoms with van der Waals surface area (Å²) >= 11 is 0. The van der Waals surface area contributed by atoms with Crippen LogP contribution in [0.4, 0.5) is 0 Å². The van der Waals surface area contributed by atoms with Gasteiger partial charge >= 0.3 is 0 Å². The van der Waals surface area contributed by atoms with Gasteiger partial charge in [0.05, 0.1) is 0 Å². The van der Waals surface area contributed by atoms with Crippen molar-refractivity contribution in [1.82, 2.24) is 14.5 Å². The fraction of sp³-hybridized carbons (Fsp3) is 0.214. The maximum Gasteiger partial charge on any atom is 0.142 e. The molecule has 0 fully saturated rings. The molecule has 0 aliphatic rings. The Morgan fingerprint density at radius 2 is 2.17 bits per heavy atom. The number of hydrogen-bond donors (Lipinski definition) is 2. The zero-order valence-electron chi connectivity index (χ0n) is 10.2. The molecular weight excluding hydrogens is 226 g/mol. The molecule has 0 unspecified atom stereocenters. The van der Waals surface area contributed by atoms with Gasteiger partial charge < -0.3 is 14.7 Å². The van der Waals surface area contributed by atoms with Crippen LogP contribution in [0.1, 0.15) is 5.69 Å². The van der Waals surface area contributed by atoms with Crippen molar-refractivity contribution in [2.75, 3.05) is 6.61 Å². The molecule has 0 saturated carbocycles. The van der Waals surface area contributed by atoms with Crippen LogP contribution in [0.5, 0.6) is 0 Å². The number of benzene rings is 1. The van der Waals surface area contributed by atoms with Gasteiger partial charge in [0, 0.05) is 54.6 Å². The molecule has 0 spiro atoms. The molecule has 3 aromatic rings. The number of aliphatic hydroxyl groups is 1. The van der Waals surface area contributed by atoms with Crippen LogP contribution >= 0.6 is 0 Å². The number of H-pyrrole nitrogens is 1. The monoisotopic (exact) mass is 241 g/mol. The second-order valence-electron chi connectivity index (χ2n) is 4.35. The van der Waals surface area contributed by atoms with Crippen LogP contribution in [0.2, 0.25) is 0 Å². The first-order valence-electron chi connectivity index (χ1n) is 5.99. The van der Waals surface area contributed by atoms with Gasteiger partial charge in [-0.3, -0.25) is 0 Å². The molecule has 0 radical (unpaired) electrons. The highest BCUT2D eigenvalue weighted by Crippen LogP contribution is 2.27. The van der Waals surface area contributed by atoms with Crippen molar-refractivity contribution in [2.45, 2.75) is 6.42 Å². The Balaban J connectivity index is 2.15. The van der Waals surface area contributed by atoms with Crippen molar-refractivity contribution in [3.63, 3.8) is 0 Å². The van der Waals surface area contributed by atoms with Crippen molar-refractivity contribution in [3.8, 4) is 11.4 Å². The second kappa shape index (κ2) is 4.31. The van der Waals surface area contributed by atoms with Crippen LogP contribution in [0.25, 0.3) is 22.3 Å². The number of nitrogens with zero attached hydrogens (tertiary/aromatic N) is 2. The molecule has 0 amide bonds. The minimum atomic E-state index is 0.146. The molecule has 1 aromatic carbocycles. The first-order valence-corrected chi connectivity index (χ1v) is 5.99. The molecule has 2 N–H and O–H groups in total. The molecule has 4 heteroatoms. The van der Waals surface area contributed by atoms with Crippen LogP contribution in [0.15, 0.2) is 36.7 Å². The molecule has 3 rings (SSSR count). The molecule has 0 saturated heterocycles. The molecule has 2 heterocycles. The van der Waals surface area contributed by atoms with E-state index < -0.39 is 0 Å². The summed E-state index contributed by atoms with van der Waals surface area (Å²) in [6.45, 7) is 0.146. The van der Waals surface area contributed by atoms with E-state index in [-0.39, 0.29) is 6.61 Å². The lowest BCUT2D eigenvalue weighted by Gasteiger charge is -2.04. The number of fused-ring (bicyclic) bond motifs is 1. The number of aliphatic hydroxyl groups excluding tert-OH is 1. The van der Waals surface area contributed by atoms with E-state index in [2.05, 4.69) is 22.1 Å². The Kier molecular flexibility index (Phi) is 2.64. The number of aromatic nitrogens is 3. The van der Waals surface area contributed by atoms with Gasteiger partial charge in [0.2, 0.25) is 0 Å². The third-order valence-corrected chi connectivity index (χ3v) is 3.28. The van der Waals surface area contributed by atoms with E-state index >= 15 is 0 Å². The summed E-state index contributed by atoms with van der Waals surface area (Å²) in [5.74, 6) is 0.927. The maximum absolute atomic E-state index is 9.01. The van der Waals surface area contributed by atoms with Gasteiger partial charge in [-0.05, 0) is 6.07 Å². The van der Waals surface area contributed by atoms with E-state index in [1.807, 2.05) is 36.1 Å². The van der Waals surface area contributed by atoms with Crippen LogP contribution in [-0.2, 0) is 13.5 Å². The van der Waals surface area contributed by atoms with Gasteiger partial charge in [0.25, 0.3) is 0 Å². The number of imidazole rings is 1. The SMILES string of the molecule is Cn1c(CCO)cnc1-c1c[nH]c2ccccc12. The summed E-state index contributed by atoms with van der Waals surface area (Å²) in [4.78, 5) is 7.71. The Labute approximate surface area is 105 Å². The van der Waals surface area contributed by atoms with Crippen molar-refractivity contribution < 1.29 is 5.11 Å². The van der Waals surface area contributed by atoms with E-state index in [4.69, 9.17) is 5.11 Å². The largest absolute Gasteiger partial charge is 0.396 e. The normalized spacial score (nSPS) is 11.2. The molecule has 0 aliphatic heterocycles. The number of aromatic amines is 1. The Hall–Kier alpha value is -2.07. The number of rotatable bonds is 3. The minimum Gasteiger partial charge on any atom is -0.396 e. The van der Waals surface area contributed by atoms with E-state index in [1.54, 1.807) is 0 Å². The first kappa shape index (κ1) is 11.0. The van der Waals surface area contributed by atoms with Crippen molar-refractivity contribution in [1.29, 1.82) is 0 Å². The zero-order chi connectivity index (χ0) is 12.5. The molecule has 18 heavy (non-hydrogen) atoms. The molecule has 2 aromatic heterocycles. The summed E-state index contributed by atoms with van der Waals surface area (Å²) in [5, 5.41) is 10.2.